The Balaban J connectivity index is 0. The standard InChI is InChI=1S/C13H19.C5H5.2ClH.Zr/c1-11-8-9-13(10-11)12-6-4-2-3-5-7-12;1-2-4-5-3-1;;;/h9,12H,2-8H2,1H3;1-3H,4H2;2*1H;/q2*-1;;;+4/p-2. The van der Waals surface area contributed by atoms with E-state index in [2.05, 4.69) is 31.2 Å². The topological polar surface area (TPSA) is 0 Å². The van der Waals surface area contributed by atoms with Crippen LogP contribution < -0.4 is 24.8 Å². The largest absolute Gasteiger partial charge is 4.00 e. The Hall–Kier alpha value is 0.423. The number of hydrogen-bond acceptors (Lipinski definition) is 0. The third-order valence-electron chi connectivity index (χ3n) is 3.87. The van der Waals surface area contributed by atoms with Crippen molar-refractivity contribution < 1.29 is 51.0 Å². The predicted molar refractivity (Wildman–Crippen MR) is 77.9 cm³/mol. The van der Waals surface area contributed by atoms with Crippen LogP contribution in [-0.4, -0.2) is 0 Å². The number of rotatable bonds is 1. The summed E-state index contributed by atoms with van der Waals surface area (Å²) >= 11 is 0. The predicted octanol–water partition coefficient (Wildman–Crippen LogP) is -0.652. The minimum absolute atomic E-state index is 0. The van der Waals surface area contributed by atoms with Crippen LogP contribution in [0, 0.1) is 18.1 Å². The molecule has 0 amide bonds. The fraction of sp³-hybridized carbons (Fsp3) is 0.556. The van der Waals surface area contributed by atoms with Gasteiger partial charge in [0.15, 0.2) is 0 Å². The molecule has 0 spiro atoms. The monoisotopic (exact) mass is 400 g/mol. The van der Waals surface area contributed by atoms with Crippen molar-refractivity contribution in [3.63, 3.8) is 0 Å². The zero-order valence-corrected chi connectivity index (χ0v) is 16.8. The molecular weight excluding hydrogens is 378 g/mol. The van der Waals surface area contributed by atoms with Gasteiger partial charge in [0.25, 0.3) is 0 Å². The van der Waals surface area contributed by atoms with Gasteiger partial charge in [-0.3, -0.25) is 6.08 Å². The van der Waals surface area contributed by atoms with Crippen molar-refractivity contribution in [2.24, 2.45) is 5.92 Å². The average molecular weight is 403 g/mol. The van der Waals surface area contributed by atoms with E-state index in [0.29, 0.717) is 0 Å². The molecule has 0 aromatic heterocycles. The van der Waals surface area contributed by atoms with Crippen molar-refractivity contribution in [1.82, 2.24) is 0 Å². The number of halogens is 2. The minimum Gasteiger partial charge on any atom is -1.00 e. The molecule has 0 aromatic rings. The van der Waals surface area contributed by atoms with E-state index >= 15 is 0 Å². The van der Waals surface area contributed by atoms with Crippen LogP contribution in [0.15, 0.2) is 35.5 Å². The van der Waals surface area contributed by atoms with Crippen molar-refractivity contribution in [2.45, 2.75) is 58.3 Å². The van der Waals surface area contributed by atoms with E-state index in [1.807, 2.05) is 12.2 Å². The molecular formula is C18H24Cl2Zr. The van der Waals surface area contributed by atoms with E-state index in [9.17, 15) is 0 Å². The van der Waals surface area contributed by atoms with Gasteiger partial charge in [-0.25, -0.2) is 29.9 Å². The van der Waals surface area contributed by atoms with Crippen LogP contribution in [0.2, 0.25) is 0 Å². The van der Waals surface area contributed by atoms with Gasteiger partial charge in [-0.05, 0) is 18.8 Å². The van der Waals surface area contributed by atoms with Gasteiger partial charge in [-0.1, -0.05) is 39.0 Å². The van der Waals surface area contributed by atoms with Crippen molar-refractivity contribution in [1.29, 1.82) is 0 Å². The van der Waals surface area contributed by atoms with Gasteiger partial charge in [-0.2, -0.15) is 11.6 Å². The first-order valence-electron chi connectivity index (χ1n) is 7.37. The summed E-state index contributed by atoms with van der Waals surface area (Å²) in [5.41, 5.74) is 2.96. The van der Waals surface area contributed by atoms with E-state index in [1.54, 1.807) is 0 Å². The normalized spacial score (nSPS) is 19.9. The molecule has 0 atom stereocenters. The molecule has 0 N–H and O–H groups in total. The molecule has 0 heterocycles. The van der Waals surface area contributed by atoms with Gasteiger partial charge >= 0.3 is 26.2 Å². The van der Waals surface area contributed by atoms with Gasteiger partial charge in [0.2, 0.25) is 0 Å². The quantitative estimate of drug-likeness (QED) is 0.404. The summed E-state index contributed by atoms with van der Waals surface area (Å²) in [6.45, 7) is 2.19. The summed E-state index contributed by atoms with van der Waals surface area (Å²) in [6, 6.07) is 0. The Kier molecular flexibility index (Phi) is 15.8. The summed E-state index contributed by atoms with van der Waals surface area (Å²) in [5, 5.41) is 0. The zero-order valence-electron chi connectivity index (χ0n) is 12.8. The first kappa shape index (κ1) is 23.7. The second-order valence-electron chi connectivity index (χ2n) is 5.46. The molecule has 3 heteroatoms. The van der Waals surface area contributed by atoms with Crippen LogP contribution in [-0.2, 0) is 26.2 Å². The van der Waals surface area contributed by atoms with Crippen molar-refractivity contribution in [3.8, 4) is 0 Å². The summed E-state index contributed by atoms with van der Waals surface area (Å²) in [7, 11) is 0. The summed E-state index contributed by atoms with van der Waals surface area (Å²) in [5.74, 6) is 0.847. The number of hydrogen-bond donors (Lipinski definition) is 0. The van der Waals surface area contributed by atoms with E-state index in [4.69, 9.17) is 0 Å². The van der Waals surface area contributed by atoms with Gasteiger partial charge in [0.1, 0.15) is 0 Å². The number of allylic oxidation sites excluding steroid dienone is 8. The molecule has 3 rings (SSSR count). The average Bonchev–Trinajstić information content (AvgIpc) is 3.01. The summed E-state index contributed by atoms with van der Waals surface area (Å²) in [4.78, 5) is 0. The van der Waals surface area contributed by atoms with Crippen LogP contribution in [0.25, 0.3) is 0 Å². The van der Waals surface area contributed by atoms with Crippen LogP contribution in [0.1, 0.15) is 58.3 Å². The third-order valence-corrected chi connectivity index (χ3v) is 3.87. The van der Waals surface area contributed by atoms with E-state index in [0.717, 1.165) is 18.8 Å². The second kappa shape index (κ2) is 14.0. The molecule has 1 saturated carbocycles. The molecule has 0 aliphatic heterocycles. The molecule has 0 unspecified atom stereocenters. The van der Waals surface area contributed by atoms with E-state index < -0.39 is 0 Å². The van der Waals surface area contributed by atoms with Gasteiger partial charge in [0, 0.05) is 0 Å². The Morgan fingerprint density at radius 2 is 1.71 bits per heavy atom. The third kappa shape index (κ3) is 9.22. The Morgan fingerprint density at radius 3 is 2.10 bits per heavy atom. The maximum atomic E-state index is 3.53. The Labute approximate surface area is 162 Å². The maximum absolute atomic E-state index is 3.53. The molecule has 0 bridgehead atoms. The molecule has 1 fully saturated rings. The van der Waals surface area contributed by atoms with Crippen LogP contribution in [0.5, 0.6) is 0 Å². The van der Waals surface area contributed by atoms with Gasteiger partial charge < -0.3 is 24.8 Å². The molecule has 3 aliphatic rings. The molecule has 3 aliphatic carbocycles. The fourth-order valence-electron chi connectivity index (χ4n) is 2.81. The molecule has 21 heavy (non-hydrogen) atoms. The minimum atomic E-state index is 0. The maximum Gasteiger partial charge on any atom is 4.00 e. The summed E-state index contributed by atoms with van der Waals surface area (Å²) in [6.07, 6.45) is 25.7. The first-order valence-corrected chi connectivity index (χ1v) is 7.37. The van der Waals surface area contributed by atoms with Crippen LogP contribution >= 0.6 is 0 Å². The van der Waals surface area contributed by atoms with E-state index in [-0.39, 0.29) is 51.0 Å². The van der Waals surface area contributed by atoms with Crippen molar-refractivity contribution >= 4 is 0 Å². The zero-order chi connectivity index (χ0) is 12.6. The van der Waals surface area contributed by atoms with Crippen molar-refractivity contribution in [3.05, 3.63) is 47.6 Å². The summed E-state index contributed by atoms with van der Waals surface area (Å²) < 4.78 is 0. The fourth-order valence-corrected chi connectivity index (χ4v) is 2.81. The molecule has 0 radical (unpaired) electrons. The van der Waals surface area contributed by atoms with Gasteiger partial charge in [0.05, 0.1) is 0 Å². The molecule has 114 valence electrons. The Morgan fingerprint density at radius 1 is 1.05 bits per heavy atom. The van der Waals surface area contributed by atoms with Crippen molar-refractivity contribution in [2.75, 3.05) is 0 Å². The van der Waals surface area contributed by atoms with Crippen LogP contribution in [0.3, 0.4) is 0 Å². The van der Waals surface area contributed by atoms with Crippen LogP contribution in [0.4, 0.5) is 0 Å². The smallest absolute Gasteiger partial charge is 1.00 e. The molecule has 0 saturated heterocycles. The molecule has 0 aromatic carbocycles. The Bertz CT molecular complexity index is 363. The van der Waals surface area contributed by atoms with Gasteiger partial charge in [-0.15, -0.1) is 6.42 Å². The second-order valence-corrected chi connectivity index (χ2v) is 5.46. The van der Waals surface area contributed by atoms with E-state index in [1.165, 1.54) is 49.7 Å². The first-order chi connectivity index (χ1) is 8.86. The molecule has 0 nitrogen and oxygen atoms in total. The SMILES string of the molecule is CC1=[C-]C(C2CCCCCC2)=CC1.[C-]1=CC=CC1.[Cl-].[Cl-].[Zr+4].